The van der Waals surface area contributed by atoms with Crippen LogP contribution in [0.25, 0.3) is 5.69 Å². The summed E-state index contributed by atoms with van der Waals surface area (Å²) in [5, 5.41) is 7.21. The van der Waals surface area contributed by atoms with Crippen molar-refractivity contribution in [2.24, 2.45) is 0 Å². The van der Waals surface area contributed by atoms with Crippen molar-refractivity contribution in [3.05, 3.63) is 35.4 Å². The van der Waals surface area contributed by atoms with Crippen molar-refractivity contribution in [2.45, 2.75) is 13.3 Å². The molecular formula is C13H15ClN4OS. The Balaban J connectivity index is 2.15. The molecule has 0 spiro atoms. The van der Waals surface area contributed by atoms with Crippen molar-refractivity contribution in [1.82, 2.24) is 14.8 Å². The van der Waals surface area contributed by atoms with E-state index in [-0.39, 0.29) is 11.1 Å². The summed E-state index contributed by atoms with van der Waals surface area (Å²) < 4.78 is 1.60. The number of carbonyl (C=O) groups is 1. The molecule has 2 aromatic rings. The molecule has 2 heterocycles. The SMILES string of the molecule is CSCCC(=O)Nc1cn(-c2cncc(C)c2)nc1Cl. The highest BCUT2D eigenvalue weighted by Crippen LogP contribution is 2.22. The second-order valence-electron chi connectivity index (χ2n) is 4.29. The lowest BCUT2D eigenvalue weighted by Gasteiger charge is -2.02. The number of rotatable bonds is 5. The van der Waals surface area contributed by atoms with E-state index in [1.165, 1.54) is 0 Å². The fourth-order valence-electron chi connectivity index (χ4n) is 1.64. The Bertz CT molecular complexity index is 614. The van der Waals surface area contributed by atoms with E-state index in [1.807, 2.05) is 19.2 Å². The summed E-state index contributed by atoms with van der Waals surface area (Å²) >= 11 is 7.67. The number of aryl methyl sites for hydroxylation is 1. The number of nitrogens with zero attached hydrogens (tertiary/aromatic N) is 3. The van der Waals surface area contributed by atoms with Gasteiger partial charge in [-0.15, -0.1) is 0 Å². The van der Waals surface area contributed by atoms with Gasteiger partial charge in [0.05, 0.1) is 23.8 Å². The predicted octanol–water partition coefficient (Wildman–Crippen LogP) is 2.92. The normalized spacial score (nSPS) is 10.6. The van der Waals surface area contributed by atoms with E-state index in [0.29, 0.717) is 12.1 Å². The van der Waals surface area contributed by atoms with Gasteiger partial charge >= 0.3 is 0 Å². The molecule has 2 rings (SSSR count). The molecule has 0 aliphatic rings. The Labute approximate surface area is 126 Å². The first-order valence-corrected chi connectivity index (χ1v) is 7.83. The molecule has 7 heteroatoms. The molecule has 0 atom stereocenters. The lowest BCUT2D eigenvalue weighted by Crippen LogP contribution is -2.11. The van der Waals surface area contributed by atoms with Crippen LogP contribution in [0.15, 0.2) is 24.7 Å². The Morgan fingerprint density at radius 1 is 1.50 bits per heavy atom. The van der Waals surface area contributed by atoms with Gasteiger partial charge in [-0.25, -0.2) is 4.68 Å². The number of hydrogen-bond donors (Lipinski definition) is 1. The van der Waals surface area contributed by atoms with Crippen molar-refractivity contribution in [2.75, 3.05) is 17.3 Å². The Morgan fingerprint density at radius 2 is 2.30 bits per heavy atom. The third-order valence-corrected chi connectivity index (χ3v) is 3.49. The van der Waals surface area contributed by atoms with Gasteiger partial charge in [0.25, 0.3) is 0 Å². The topological polar surface area (TPSA) is 59.8 Å². The average molecular weight is 311 g/mol. The first-order chi connectivity index (χ1) is 9.60. The highest BCUT2D eigenvalue weighted by Gasteiger charge is 2.11. The molecule has 0 aromatic carbocycles. The lowest BCUT2D eigenvalue weighted by atomic mass is 10.3. The second kappa shape index (κ2) is 6.76. The average Bonchev–Trinajstić information content (AvgIpc) is 2.78. The van der Waals surface area contributed by atoms with E-state index in [1.54, 1.807) is 35.0 Å². The highest BCUT2D eigenvalue weighted by atomic mass is 35.5. The minimum atomic E-state index is -0.0665. The Kier molecular flexibility index (Phi) is 5.03. The van der Waals surface area contributed by atoms with Crippen molar-refractivity contribution < 1.29 is 4.79 Å². The van der Waals surface area contributed by atoms with E-state index in [9.17, 15) is 4.79 Å². The summed E-state index contributed by atoms with van der Waals surface area (Å²) in [7, 11) is 0. The monoisotopic (exact) mass is 310 g/mol. The molecule has 106 valence electrons. The minimum Gasteiger partial charge on any atom is -0.322 e. The first kappa shape index (κ1) is 14.9. The molecule has 0 saturated carbocycles. The van der Waals surface area contributed by atoms with Crippen LogP contribution >= 0.6 is 23.4 Å². The minimum absolute atomic E-state index is 0.0665. The molecule has 5 nitrogen and oxygen atoms in total. The van der Waals surface area contributed by atoms with Crippen LogP contribution in [0.4, 0.5) is 5.69 Å². The summed E-state index contributed by atoms with van der Waals surface area (Å²) in [6.45, 7) is 1.95. The van der Waals surface area contributed by atoms with Gasteiger partial charge in [0.2, 0.25) is 5.91 Å². The van der Waals surface area contributed by atoms with Crippen LogP contribution in [0.1, 0.15) is 12.0 Å². The zero-order valence-electron chi connectivity index (χ0n) is 11.3. The fraction of sp³-hybridized carbons (Fsp3) is 0.308. The van der Waals surface area contributed by atoms with Crippen molar-refractivity contribution >= 4 is 35.0 Å². The lowest BCUT2D eigenvalue weighted by molar-refractivity contribution is -0.115. The van der Waals surface area contributed by atoms with E-state index in [4.69, 9.17) is 11.6 Å². The maximum absolute atomic E-state index is 11.7. The zero-order chi connectivity index (χ0) is 14.5. The smallest absolute Gasteiger partial charge is 0.225 e. The number of aromatic nitrogens is 3. The van der Waals surface area contributed by atoms with Gasteiger partial charge in [0.15, 0.2) is 5.15 Å². The van der Waals surface area contributed by atoms with E-state index in [0.717, 1.165) is 17.0 Å². The Hall–Kier alpha value is -1.53. The predicted molar refractivity (Wildman–Crippen MR) is 82.7 cm³/mol. The Morgan fingerprint density at radius 3 is 3.00 bits per heavy atom. The molecule has 0 bridgehead atoms. The number of anilines is 1. The maximum Gasteiger partial charge on any atom is 0.225 e. The van der Waals surface area contributed by atoms with E-state index < -0.39 is 0 Å². The van der Waals surface area contributed by atoms with Gasteiger partial charge in [-0.05, 0) is 24.8 Å². The third-order valence-electron chi connectivity index (χ3n) is 2.60. The van der Waals surface area contributed by atoms with Crippen LogP contribution in [-0.2, 0) is 4.79 Å². The standard InChI is InChI=1S/C13H15ClN4OS/c1-9-5-10(7-15-6-9)18-8-11(13(14)17-18)16-12(19)3-4-20-2/h5-8H,3-4H2,1-2H3,(H,16,19). The molecule has 0 aliphatic carbocycles. The number of pyridine rings is 1. The second-order valence-corrected chi connectivity index (χ2v) is 5.63. The number of thioether (sulfide) groups is 1. The first-order valence-electron chi connectivity index (χ1n) is 6.06. The molecule has 0 fully saturated rings. The molecular weight excluding hydrogens is 296 g/mol. The molecule has 0 unspecified atom stereocenters. The number of amides is 1. The van der Waals surface area contributed by atoms with Crippen molar-refractivity contribution in [3.63, 3.8) is 0 Å². The highest BCUT2D eigenvalue weighted by molar-refractivity contribution is 7.98. The van der Waals surface area contributed by atoms with Gasteiger partial charge in [0.1, 0.15) is 0 Å². The number of nitrogens with one attached hydrogen (secondary N) is 1. The van der Waals surface area contributed by atoms with Crippen LogP contribution in [0.5, 0.6) is 0 Å². The van der Waals surface area contributed by atoms with Crippen LogP contribution in [-0.4, -0.2) is 32.7 Å². The molecule has 0 radical (unpaired) electrons. The third kappa shape index (κ3) is 3.74. The summed E-state index contributed by atoms with van der Waals surface area (Å²) in [5.41, 5.74) is 2.34. The molecule has 2 aromatic heterocycles. The van der Waals surface area contributed by atoms with Gasteiger partial charge in [-0.3, -0.25) is 9.78 Å². The van der Waals surface area contributed by atoms with Crippen molar-refractivity contribution in [3.8, 4) is 5.69 Å². The number of carbonyl (C=O) groups excluding carboxylic acids is 1. The summed E-state index contributed by atoms with van der Waals surface area (Å²) in [5.74, 6) is 0.711. The van der Waals surface area contributed by atoms with Crippen molar-refractivity contribution in [1.29, 1.82) is 0 Å². The molecule has 1 amide bonds. The zero-order valence-corrected chi connectivity index (χ0v) is 12.8. The number of halogens is 1. The van der Waals surface area contributed by atoms with Crippen LogP contribution < -0.4 is 5.32 Å². The summed E-state index contributed by atoms with van der Waals surface area (Å²) in [4.78, 5) is 15.8. The molecule has 20 heavy (non-hydrogen) atoms. The number of hydrogen-bond acceptors (Lipinski definition) is 4. The van der Waals surface area contributed by atoms with Gasteiger partial charge in [-0.2, -0.15) is 16.9 Å². The van der Waals surface area contributed by atoms with Crippen LogP contribution in [0, 0.1) is 6.92 Å². The molecule has 0 saturated heterocycles. The van der Waals surface area contributed by atoms with Gasteiger partial charge < -0.3 is 5.32 Å². The van der Waals surface area contributed by atoms with Gasteiger partial charge in [-0.1, -0.05) is 11.6 Å². The summed E-state index contributed by atoms with van der Waals surface area (Å²) in [6, 6.07) is 1.94. The van der Waals surface area contributed by atoms with Gasteiger partial charge in [0, 0.05) is 18.4 Å². The summed E-state index contributed by atoms with van der Waals surface area (Å²) in [6.07, 6.45) is 7.56. The van der Waals surface area contributed by atoms with Crippen LogP contribution in [0.3, 0.4) is 0 Å². The quantitative estimate of drug-likeness (QED) is 0.922. The maximum atomic E-state index is 11.7. The van der Waals surface area contributed by atoms with Crippen LogP contribution in [0.2, 0.25) is 5.15 Å². The fourth-order valence-corrected chi connectivity index (χ4v) is 2.21. The largest absolute Gasteiger partial charge is 0.322 e. The molecule has 0 aliphatic heterocycles. The van der Waals surface area contributed by atoms with E-state index >= 15 is 0 Å². The van der Waals surface area contributed by atoms with E-state index in [2.05, 4.69) is 15.4 Å². The molecule has 1 N–H and O–H groups in total.